The molecule has 54 heavy (non-hydrogen) atoms. The number of nitrogens with one attached hydrogen (secondary N) is 1. The van der Waals surface area contributed by atoms with Crippen LogP contribution in [0.4, 0.5) is 0 Å². The van der Waals surface area contributed by atoms with Crippen molar-refractivity contribution < 1.29 is 0 Å². The Hall–Kier alpha value is -7.17. The molecule has 1 N–H and O–H groups in total. The van der Waals surface area contributed by atoms with E-state index in [4.69, 9.17) is 4.99 Å². The molecule has 3 heterocycles. The molecule has 11 rings (SSSR count). The highest BCUT2D eigenvalue weighted by molar-refractivity contribution is 6.13. The maximum atomic E-state index is 5.18. The summed E-state index contributed by atoms with van der Waals surface area (Å²) >= 11 is 0. The summed E-state index contributed by atoms with van der Waals surface area (Å²) in [6.45, 7) is 0. The molecule has 2 aliphatic rings. The van der Waals surface area contributed by atoms with E-state index < -0.39 is 0 Å². The van der Waals surface area contributed by atoms with E-state index in [2.05, 4.69) is 203 Å². The van der Waals surface area contributed by atoms with E-state index in [0.717, 1.165) is 28.3 Å². The highest BCUT2D eigenvalue weighted by atomic mass is 15.1. The predicted octanol–water partition coefficient (Wildman–Crippen LogP) is 11.8. The molecule has 254 valence electrons. The van der Waals surface area contributed by atoms with E-state index in [0.29, 0.717) is 0 Å². The van der Waals surface area contributed by atoms with Gasteiger partial charge in [0.2, 0.25) is 0 Å². The highest BCUT2D eigenvalue weighted by Gasteiger charge is 2.24. The summed E-state index contributed by atoms with van der Waals surface area (Å²) in [5.41, 5.74) is 13.9. The fourth-order valence-corrected chi connectivity index (χ4v) is 8.43. The molecule has 0 saturated carbocycles. The number of para-hydroxylation sites is 3. The van der Waals surface area contributed by atoms with Gasteiger partial charge in [0, 0.05) is 49.6 Å². The smallest absolute Gasteiger partial charge is 0.134 e. The van der Waals surface area contributed by atoms with Gasteiger partial charge in [-0.15, -0.1) is 0 Å². The first-order chi connectivity index (χ1) is 26.8. The molecule has 0 bridgehead atoms. The van der Waals surface area contributed by atoms with Crippen LogP contribution in [0, 0.1) is 0 Å². The van der Waals surface area contributed by atoms with Crippen LogP contribution in [0.3, 0.4) is 0 Å². The Kier molecular flexibility index (Phi) is 6.89. The van der Waals surface area contributed by atoms with Gasteiger partial charge in [-0.25, -0.2) is 4.99 Å². The molecule has 0 fully saturated rings. The fourth-order valence-electron chi connectivity index (χ4n) is 8.43. The van der Waals surface area contributed by atoms with Crippen LogP contribution in [-0.4, -0.2) is 21.0 Å². The Morgan fingerprint density at radius 1 is 0.426 bits per heavy atom. The molecule has 9 aromatic rings. The lowest BCUT2D eigenvalue weighted by Crippen LogP contribution is -2.38. The van der Waals surface area contributed by atoms with Crippen molar-refractivity contribution in [3.05, 3.63) is 211 Å². The summed E-state index contributed by atoms with van der Waals surface area (Å²) in [6, 6.07) is 61.3. The Bertz CT molecular complexity index is 3050. The first kappa shape index (κ1) is 30.5. The summed E-state index contributed by atoms with van der Waals surface area (Å²) in [7, 11) is 0. The number of allylic oxidation sites excluding steroid dienone is 2. The number of hydrogen-bond acceptors (Lipinski definition) is 2. The Balaban J connectivity index is 1.01. The summed E-state index contributed by atoms with van der Waals surface area (Å²) in [6.07, 6.45) is 8.58. The highest BCUT2D eigenvalue weighted by Crippen LogP contribution is 2.39. The van der Waals surface area contributed by atoms with E-state index in [1.807, 2.05) is 6.07 Å². The number of hydrogen-bond donors (Lipinski definition) is 1. The zero-order valence-corrected chi connectivity index (χ0v) is 29.4. The molecular formula is C50H34N4. The van der Waals surface area contributed by atoms with Gasteiger partial charge in [-0.3, -0.25) is 0 Å². The summed E-state index contributed by atoms with van der Waals surface area (Å²) in [5.74, 6) is 0.891. The van der Waals surface area contributed by atoms with Crippen LogP contribution in [-0.2, 0) is 0 Å². The van der Waals surface area contributed by atoms with Gasteiger partial charge in [0.05, 0.1) is 33.8 Å². The van der Waals surface area contributed by atoms with Gasteiger partial charge in [-0.1, -0.05) is 133 Å². The molecule has 0 radical (unpaired) electrons. The van der Waals surface area contributed by atoms with Crippen LogP contribution in [0.5, 0.6) is 0 Å². The molecule has 1 aliphatic heterocycles. The standard InChI is InChI=1S/C50H34N4/c1-3-13-34(14-4-1)50-51-44-20-10-7-19-41(44)49(52-50)33-23-27-38(28-24-33)54-46-22-12-9-18-40(46)43-32-36(26-30-48(43)54)35-25-29-47-42(31-35)39-17-8-11-21-45(39)53(47)37-15-5-2-6-16-37/h1-32,44H,(H,51,52). The molecule has 4 nitrogen and oxygen atoms in total. The van der Waals surface area contributed by atoms with Crippen molar-refractivity contribution in [2.45, 2.75) is 6.04 Å². The monoisotopic (exact) mass is 690 g/mol. The number of nitrogens with zero attached hydrogens (tertiary/aromatic N) is 3. The average molecular weight is 691 g/mol. The fraction of sp³-hybridized carbons (Fsp3) is 0.0200. The number of amidine groups is 1. The molecule has 1 aliphatic carbocycles. The third kappa shape index (κ3) is 4.81. The van der Waals surface area contributed by atoms with Gasteiger partial charge >= 0.3 is 0 Å². The Labute approximate surface area is 313 Å². The largest absolute Gasteiger partial charge is 0.359 e. The summed E-state index contributed by atoms with van der Waals surface area (Å²) in [4.78, 5) is 5.18. The lowest BCUT2D eigenvalue weighted by molar-refractivity contribution is 0.830. The van der Waals surface area contributed by atoms with Gasteiger partial charge < -0.3 is 14.5 Å². The molecule has 1 atom stereocenters. The molecule has 4 heteroatoms. The van der Waals surface area contributed by atoms with Gasteiger partial charge in [0.25, 0.3) is 0 Å². The third-order valence-electron chi connectivity index (χ3n) is 11.0. The lowest BCUT2D eigenvalue weighted by atomic mass is 9.94. The number of aliphatic imine (C=N–C) groups is 1. The first-order valence-electron chi connectivity index (χ1n) is 18.5. The van der Waals surface area contributed by atoms with Crippen molar-refractivity contribution in [3.8, 4) is 22.5 Å². The zero-order valence-electron chi connectivity index (χ0n) is 29.4. The number of fused-ring (bicyclic) bond motifs is 7. The predicted molar refractivity (Wildman–Crippen MR) is 226 cm³/mol. The van der Waals surface area contributed by atoms with E-state index in [1.54, 1.807) is 0 Å². The zero-order chi connectivity index (χ0) is 35.6. The van der Waals surface area contributed by atoms with Crippen molar-refractivity contribution in [2.75, 3.05) is 0 Å². The van der Waals surface area contributed by atoms with E-state index in [1.165, 1.54) is 66.0 Å². The summed E-state index contributed by atoms with van der Waals surface area (Å²) in [5, 5.41) is 8.62. The van der Waals surface area contributed by atoms with Gasteiger partial charge in [-0.05, 0) is 71.8 Å². The SMILES string of the molecule is C1=CC2=C(c3ccc(-n4c5ccccc5c5cc(-c6ccc7c(c6)c6ccccc6n7-c6ccccc6)ccc54)cc3)N=C(c3ccccc3)NC2C=C1. The van der Waals surface area contributed by atoms with Crippen LogP contribution in [0.2, 0.25) is 0 Å². The molecule has 7 aromatic carbocycles. The molecule has 0 saturated heterocycles. The van der Waals surface area contributed by atoms with Crippen LogP contribution in [0.1, 0.15) is 11.1 Å². The minimum absolute atomic E-state index is 0.0760. The maximum absolute atomic E-state index is 5.18. The van der Waals surface area contributed by atoms with E-state index in [-0.39, 0.29) is 6.04 Å². The van der Waals surface area contributed by atoms with E-state index >= 15 is 0 Å². The van der Waals surface area contributed by atoms with Crippen LogP contribution >= 0.6 is 0 Å². The number of benzene rings is 7. The molecule has 0 amide bonds. The van der Waals surface area contributed by atoms with Crippen molar-refractivity contribution in [2.24, 2.45) is 4.99 Å². The van der Waals surface area contributed by atoms with Crippen molar-refractivity contribution >= 4 is 55.1 Å². The topological polar surface area (TPSA) is 34.2 Å². The molecular weight excluding hydrogens is 657 g/mol. The first-order valence-corrected chi connectivity index (χ1v) is 18.5. The van der Waals surface area contributed by atoms with E-state index in [9.17, 15) is 0 Å². The normalized spacial score (nSPS) is 15.3. The Morgan fingerprint density at radius 2 is 0.944 bits per heavy atom. The van der Waals surface area contributed by atoms with Gasteiger partial charge in [0.15, 0.2) is 0 Å². The molecule has 0 spiro atoms. The molecule has 2 aromatic heterocycles. The molecule has 1 unspecified atom stereocenters. The van der Waals surface area contributed by atoms with Crippen LogP contribution < -0.4 is 5.32 Å². The van der Waals surface area contributed by atoms with Crippen LogP contribution in [0.15, 0.2) is 205 Å². The third-order valence-corrected chi connectivity index (χ3v) is 11.0. The number of rotatable bonds is 5. The van der Waals surface area contributed by atoms with Crippen LogP contribution in [0.25, 0.3) is 71.8 Å². The second-order valence-electron chi connectivity index (χ2n) is 14.0. The van der Waals surface area contributed by atoms with Gasteiger partial charge in [-0.2, -0.15) is 0 Å². The second kappa shape index (κ2) is 12.2. The van der Waals surface area contributed by atoms with Crippen molar-refractivity contribution in [1.29, 1.82) is 0 Å². The lowest BCUT2D eigenvalue weighted by Gasteiger charge is -2.28. The average Bonchev–Trinajstić information content (AvgIpc) is 3.76. The Morgan fingerprint density at radius 3 is 1.57 bits per heavy atom. The second-order valence-corrected chi connectivity index (χ2v) is 14.0. The minimum atomic E-state index is 0.0760. The van der Waals surface area contributed by atoms with Crippen molar-refractivity contribution in [3.63, 3.8) is 0 Å². The van der Waals surface area contributed by atoms with Crippen molar-refractivity contribution in [1.82, 2.24) is 14.5 Å². The summed E-state index contributed by atoms with van der Waals surface area (Å²) < 4.78 is 4.76. The number of aromatic nitrogens is 2. The minimum Gasteiger partial charge on any atom is -0.359 e. The maximum Gasteiger partial charge on any atom is 0.134 e. The quantitative estimate of drug-likeness (QED) is 0.192. The van der Waals surface area contributed by atoms with Gasteiger partial charge in [0.1, 0.15) is 5.84 Å².